The zero-order chi connectivity index (χ0) is 20.1. The molecular weight excluding hydrogens is 378 g/mol. The molecule has 1 aliphatic heterocycles. The highest BCUT2D eigenvalue weighted by Crippen LogP contribution is 2.39. The topological polar surface area (TPSA) is 82.5 Å². The molecule has 146 valence electrons. The Kier molecular flexibility index (Phi) is 4.30. The highest BCUT2D eigenvalue weighted by atomic mass is 32.2. The quantitative estimate of drug-likeness (QED) is 0.557. The van der Waals surface area contributed by atoms with Crippen molar-refractivity contribution in [2.45, 2.75) is 25.3 Å². The van der Waals surface area contributed by atoms with Crippen LogP contribution in [0.1, 0.15) is 22.5 Å². The maximum absolute atomic E-state index is 13.1. The van der Waals surface area contributed by atoms with E-state index in [1.165, 1.54) is 6.20 Å². The molecule has 4 rings (SSSR count). The lowest BCUT2D eigenvalue weighted by Gasteiger charge is -2.14. The Morgan fingerprint density at radius 1 is 1.11 bits per heavy atom. The highest BCUT2D eigenvalue weighted by Gasteiger charge is 2.30. The van der Waals surface area contributed by atoms with Gasteiger partial charge in [0.05, 0.1) is 31.8 Å². The van der Waals surface area contributed by atoms with E-state index in [2.05, 4.69) is 9.71 Å². The van der Waals surface area contributed by atoms with Gasteiger partial charge >= 0.3 is 0 Å². The molecule has 1 aromatic heterocycles. The van der Waals surface area contributed by atoms with Crippen LogP contribution in [-0.4, -0.2) is 32.2 Å². The van der Waals surface area contributed by atoms with Crippen LogP contribution < -0.4 is 14.2 Å². The summed E-state index contributed by atoms with van der Waals surface area (Å²) in [4.78, 5) is 4.33. The van der Waals surface area contributed by atoms with Crippen LogP contribution in [0.15, 0.2) is 41.6 Å². The second-order valence-corrected chi connectivity index (χ2v) is 8.34. The number of methoxy groups -OCH3 is 2. The number of rotatable bonds is 5. The first kappa shape index (κ1) is 18.4. The van der Waals surface area contributed by atoms with Gasteiger partial charge in [-0.1, -0.05) is 12.1 Å². The molecule has 0 fully saturated rings. The molecule has 1 aliphatic rings. The van der Waals surface area contributed by atoms with Crippen molar-refractivity contribution >= 4 is 15.7 Å². The largest absolute Gasteiger partial charge is 0.493 e. The van der Waals surface area contributed by atoms with Crippen LogP contribution in [0.5, 0.6) is 11.5 Å². The van der Waals surface area contributed by atoms with Crippen LogP contribution in [-0.2, 0) is 16.4 Å². The molecule has 28 heavy (non-hydrogen) atoms. The third-order valence-electron chi connectivity index (χ3n) is 5.10. The number of aryl methyl sites for hydroxylation is 1. The van der Waals surface area contributed by atoms with Crippen molar-refractivity contribution in [3.63, 3.8) is 0 Å². The van der Waals surface area contributed by atoms with Crippen molar-refractivity contribution < 1.29 is 17.9 Å². The molecule has 3 aromatic rings. The van der Waals surface area contributed by atoms with E-state index < -0.39 is 10.0 Å². The molecule has 1 N–H and O–H groups in total. The van der Waals surface area contributed by atoms with Crippen LogP contribution in [0, 0.1) is 13.8 Å². The van der Waals surface area contributed by atoms with Gasteiger partial charge in [0.2, 0.25) is 0 Å². The second-order valence-electron chi connectivity index (χ2n) is 6.71. The first-order chi connectivity index (χ1) is 13.4. The van der Waals surface area contributed by atoms with Crippen molar-refractivity contribution in [1.82, 2.24) is 9.55 Å². The van der Waals surface area contributed by atoms with Crippen molar-refractivity contribution in [3.8, 4) is 17.2 Å². The average Bonchev–Trinajstić information content (AvgIpc) is 3.23. The third-order valence-corrected chi connectivity index (χ3v) is 6.43. The number of ether oxygens (including phenoxy) is 2. The molecule has 2 aromatic carbocycles. The molecule has 7 nitrogen and oxygen atoms in total. The van der Waals surface area contributed by atoms with Gasteiger partial charge in [0.25, 0.3) is 10.0 Å². The SMILES string of the molecule is COc1cc2c(cc1OC)-n1c(S(=O)(=O)Nc3cccc(C)c3C)cnc1C2. The van der Waals surface area contributed by atoms with Gasteiger partial charge in [0, 0.05) is 12.5 Å². The van der Waals surface area contributed by atoms with E-state index >= 15 is 0 Å². The zero-order valence-corrected chi connectivity index (χ0v) is 16.9. The fourth-order valence-corrected chi connectivity index (χ4v) is 4.68. The normalized spacial score (nSPS) is 12.4. The van der Waals surface area contributed by atoms with Gasteiger partial charge in [-0.25, -0.2) is 4.98 Å². The molecule has 0 atom stereocenters. The molecular formula is C20H21N3O4S. The first-order valence-corrected chi connectivity index (χ1v) is 10.2. The van der Waals surface area contributed by atoms with Gasteiger partial charge in [-0.2, -0.15) is 8.42 Å². The molecule has 0 saturated carbocycles. The molecule has 8 heteroatoms. The number of anilines is 1. The zero-order valence-electron chi connectivity index (χ0n) is 16.1. The lowest BCUT2D eigenvalue weighted by Crippen LogP contribution is -2.17. The molecule has 2 heterocycles. The van der Waals surface area contributed by atoms with E-state index in [-0.39, 0.29) is 5.03 Å². The molecule has 0 unspecified atom stereocenters. The number of hydrogen-bond acceptors (Lipinski definition) is 5. The van der Waals surface area contributed by atoms with Crippen molar-refractivity contribution in [2.24, 2.45) is 0 Å². The fourth-order valence-electron chi connectivity index (χ4n) is 3.43. The number of hydrogen-bond donors (Lipinski definition) is 1. The summed E-state index contributed by atoms with van der Waals surface area (Å²) in [6.07, 6.45) is 1.91. The van der Waals surface area contributed by atoms with E-state index in [0.29, 0.717) is 29.4 Å². The lowest BCUT2D eigenvalue weighted by molar-refractivity contribution is 0.354. The summed E-state index contributed by atoms with van der Waals surface area (Å²) in [5.74, 6) is 1.80. The van der Waals surface area contributed by atoms with Crippen LogP contribution in [0.25, 0.3) is 5.69 Å². The van der Waals surface area contributed by atoms with Crippen LogP contribution in [0.4, 0.5) is 5.69 Å². The number of nitrogens with one attached hydrogen (secondary N) is 1. The molecule has 0 amide bonds. The summed E-state index contributed by atoms with van der Waals surface area (Å²) < 4.78 is 41.4. The Morgan fingerprint density at radius 3 is 2.54 bits per heavy atom. The molecule has 0 spiro atoms. The van der Waals surface area contributed by atoms with Gasteiger partial charge < -0.3 is 9.47 Å². The van der Waals surface area contributed by atoms with Gasteiger partial charge in [-0.3, -0.25) is 9.29 Å². The maximum atomic E-state index is 13.1. The van der Waals surface area contributed by atoms with Crippen molar-refractivity contribution in [3.05, 3.63) is 59.0 Å². The van der Waals surface area contributed by atoms with Gasteiger partial charge in [0.15, 0.2) is 16.5 Å². The van der Waals surface area contributed by atoms with E-state index in [9.17, 15) is 8.42 Å². The van der Waals surface area contributed by atoms with Crippen LogP contribution in [0.3, 0.4) is 0 Å². The Balaban J connectivity index is 1.80. The predicted molar refractivity (Wildman–Crippen MR) is 106 cm³/mol. The average molecular weight is 399 g/mol. The third kappa shape index (κ3) is 2.80. The Labute approximate surface area is 164 Å². The van der Waals surface area contributed by atoms with E-state index in [4.69, 9.17) is 9.47 Å². The van der Waals surface area contributed by atoms with Gasteiger partial charge in [-0.15, -0.1) is 0 Å². The second kappa shape index (κ2) is 6.56. The Bertz CT molecular complexity index is 1180. The van der Waals surface area contributed by atoms with Crippen LogP contribution >= 0.6 is 0 Å². The van der Waals surface area contributed by atoms with Gasteiger partial charge in [0.1, 0.15) is 5.82 Å². The minimum absolute atomic E-state index is 0.0920. The number of fused-ring (bicyclic) bond motifs is 3. The van der Waals surface area contributed by atoms with E-state index in [1.807, 2.05) is 32.0 Å². The summed E-state index contributed by atoms with van der Waals surface area (Å²) in [5, 5.41) is 0.0920. The Hall–Kier alpha value is -3.00. The van der Waals surface area contributed by atoms with Crippen molar-refractivity contribution in [1.29, 1.82) is 0 Å². The van der Waals surface area contributed by atoms with E-state index in [1.54, 1.807) is 30.9 Å². The summed E-state index contributed by atoms with van der Waals surface area (Å²) in [6.45, 7) is 3.83. The van der Waals surface area contributed by atoms with Crippen molar-refractivity contribution in [2.75, 3.05) is 18.9 Å². The molecule has 0 bridgehead atoms. The highest BCUT2D eigenvalue weighted by molar-refractivity contribution is 7.92. The first-order valence-electron chi connectivity index (χ1n) is 8.76. The number of sulfonamides is 1. The predicted octanol–water partition coefficient (Wildman–Crippen LogP) is 3.21. The Morgan fingerprint density at radius 2 is 1.82 bits per heavy atom. The summed E-state index contributed by atoms with van der Waals surface area (Å²) in [7, 11) is -0.714. The fraction of sp³-hybridized carbons (Fsp3) is 0.250. The lowest BCUT2D eigenvalue weighted by atomic mass is 10.1. The monoisotopic (exact) mass is 399 g/mol. The minimum Gasteiger partial charge on any atom is -0.493 e. The smallest absolute Gasteiger partial charge is 0.279 e. The number of nitrogens with zero attached hydrogens (tertiary/aromatic N) is 2. The summed E-state index contributed by atoms with van der Waals surface area (Å²) >= 11 is 0. The minimum atomic E-state index is -3.83. The maximum Gasteiger partial charge on any atom is 0.279 e. The number of imidazole rings is 1. The number of aromatic nitrogens is 2. The van der Waals surface area contributed by atoms with E-state index in [0.717, 1.165) is 22.4 Å². The molecule has 0 saturated heterocycles. The van der Waals surface area contributed by atoms with Crippen LogP contribution in [0.2, 0.25) is 0 Å². The summed E-state index contributed by atoms with van der Waals surface area (Å²) in [6, 6.07) is 9.16. The number of benzene rings is 2. The molecule has 0 radical (unpaired) electrons. The standard InChI is InChI=1S/C20H21N3O4S/c1-12-6-5-7-15(13(12)2)22-28(24,25)20-11-21-19-9-14-8-17(26-3)18(27-4)10-16(14)23(19)20/h5-8,10-11,22H,9H2,1-4H3. The van der Waals surface area contributed by atoms with Gasteiger partial charge in [-0.05, 0) is 42.7 Å². The molecule has 0 aliphatic carbocycles. The summed E-state index contributed by atoms with van der Waals surface area (Å²) in [5.41, 5.74) is 4.12.